The summed E-state index contributed by atoms with van der Waals surface area (Å²) in [6.07, 6.45) is 5.04. The third-order valence-corrected chi connectivity index (χ3v) is 5.20. The highest BCUT2D eigenvalue weighted by molar-refractivity contribution is 5.91. The minimum Gasteiger partial charge on any atom is -0.457 e. The molecule has 8 heteroatoms. The van der Waals surface area contributed by atoms with Crippen LogP contribution in [-0.4, -0.2) is 25.4 Å². The molecule has 0 spiro atoms. The SMILES string of the molecule is Cn1c(Nc2cccc(-c3ccncc3)c2)nc2cc(Oc3ccnc(C(N)=O)c3)ccc21. The topological polar surface area (TPSA) is 108 Å². The van der Waals surface area contributed by atoms with Crippen LogP contribution in [0.5, 0.6) is 11.5 Å². The largest absolute Gasteiger partial charge is 0.457 e. The molecule has 33 heavy (non-hydrogen) atoms. The van der Waals surface area contributed by atoms with Crippen LogP contribution in [0.4, 0.5) is 11.6 Å². The molecule has 3 N–H and O–H groups in total. The molecule has 0 aliphatic heterocycles. The van der Waals surface area contributed by atoms with Crippen molar-refractivity contribution in [3.05, 3.63) is 91.0 Å². The van der Waals surface area contributed by atoms with Gasteiger partial charge in [0.1, 0.15) is 17.2 Å². The molecular formula is C25H20N6O2. The summed E-state index contributed by atoms with van der Waals surface area (Å²) in [5.41, 5.74) is 10.3. The van der Waals surface area contributed by atoms with Gasteiger partial charge in [0.25, 0.3) is 5.91 Å². The van der Waals surface area contributed by atoms with E-state index in [4.69, 9.17) is 15.5 Å². The number of primary amides is 1. The molecule has 0 aliphatic rings. The van der Waals surface area contributed by atoms with Gasteiger partial charge in [-0.1, -0.05) is 12.1 Å². The fourth-order valence-corrected chi connectivity index (χ4v) is 3.55. The van der Waals surface area contributed by atoms with Gasteiger partial charge in [-0.3, -0.25) is 14.8 Å². The molecule has 0 aliphatic carbocycles. The Morgan fingerprint density at radius 1 is 0.939 bits per heavy atom. The Bertz CT molecular complexity index is 1460. The molecule has 3 heterocycles. The number of hydrogen-bond acceptors (Lipinski definition) is 6. The fourth-order valence-electron chi connectivity index (χ4n) is 3.55. The van der Waals surface area contributed by atoms with Gasteiger partial charge in [0, 0.05) is 43.5 Å². The number of benzene rings is 2. The monoisotopic (exact) mass is 436 g/mol. The lowest BCUT2D eigenvalue weighted by Gasteiger charge is -2.08. The summed E-state index contributed by atoms with van der Waals surface area (Å²) < 4.78 is 7.87. The zero-order valence-electron chi connectivity index (χ0n) is 17.8. The normalized spacial score (nSPS) is 10.8. The predicted octanol–water partition coefficient (Wildman–Crippen LogP) is 4.67. The molecule has 5 aromatic rings. The van der Waals surface area contributed by atoms with Crippen LogP contribution in [0.1, 0.15) is 10.5 Å². The summed E-state index contributed by atoms with van der Waals surface area (Å²) >= 11 is 0. The van der Waals surface area contributed by atoms with Crippen LogP contribution in [0.3, 0.4) is 0 Å². The summed E-state index contributed by atoms with van der Waals surface area (Å²) in [6.45, 7) is 0. The van der Waals surface area contributed by atoms with Gasteiger partial charge in [0.2, 0.25) is 5.95 Å². The Hall–Kier alpha value is -4.72. The van der Waals surface area contributed by atoms with E-state index in [0.29, 0.717) is 17.4 Å². The minimum atomic E-state index is -0.607. The number of nitrogens with two attached hydrogens (primary N) is 1. The molecule has 0 bridgehead atoms. The Morgan fingerprint density at radius 3 is 2.58 bits per heavy atom. The van der Waals surface area contributed by atoms with E-state index in [9.17, 15) is 4.79 Å². The van der Waals surface area contributed by atoms with E-state index in [1.165, 1.54) is 12.3 Å². The fraction of sp³-hybridized carbons (Fsp3) is 0.0400. The zero-order chi connectivity index (χ0) is 22.8. The predicted molar refractivity (Wildman–Crippen MR) is 126 cm³/mol. The van der Waals surface area contributed by atoms with Crippen molar-refractivity contribution in [2.24, 2.45) is 12.8 Å². The van der Waals surface area contributed by atoms with Crippen molar-refractivity contribution in [2.45, 2.75) is 0 Å². The Balaban J connectivity index is 1.41. The van der Waals surface area contributed by atoms with Crippen LogP contribution < -0.4 is 15.8 Å². The third kappa shape index (κ3) is 4.22. The summed E-state index contributed by atoms with van der Waals surface area (Å²) in [5.74, 6) is 1.16. The standard InChI is InChI=1S/C25H20N6O2/c1-31-23-6-5-19(33-20-9-12-28-22(15-20)24(26)32)14-21(23)30-25(31)29-18-4-2-3-17(13-18)16-7-10-27-11-8-16/h2-15H,1H3,(H2,26,32)(H,29,30). The lowest BCUT2D eigenvalue weighted by atomic mass is 10.1. The summed E-state index contributed by atoms with van der Waals surface area (Å²) in [4.78, 5) is 24.1. The summed E-state index contributed by atoms with van der Waals surface area (Å²) in [6, 6.07) is 20.9. The number of hydrogen-bond donors (Lipinski definition) is 2. The van der Waals surface area contributed by atoms with Crippen molar-refractivity contribution < 1.29 is 9.53 Å². The van der Waals surface area contributed by atoms with Crippen molar-refractivity contribution in [1.29, 1.82) is 0 Å². The van der Waals surface area contributed by atoms with Crippen molar-refractivity contribution in [1.82, 2.24) is 19.5 Å². The number of imidazole rings is 1. The molecule has 1 amide bonds. The van der Waals surface area contributed by atoms with Gasteiger partial charge in [-0.05, 0) is 53.6 Å². The van der Waals surface area contributed by atoms with Crippen LogP contribution in [-0.2, 0) is 7.05 Å². The van der Waals surface area contributed by atoms with E-state index >= 15 is 0 Å². The van der Waals surface area contributed by atoms with Crippen molar-refractivity contribution in [2.75, 3.05) is 5.32 Å². The molecule has 0 saturated carbocycles. The van der Waals surface area contributed by atoms with E-state index in [-0.39, 0.29) is 5.69 Å². The molecule has 0 radical (unpaired) electrons. The molecule has 0 atom stereocenters. The molecule has 2 aromatic carbocycles. The lowest BCUT2D eigenvalue weighted by Crippen LogP contribution is -2.12. The number of nitrogens with zero attached hydrogens (tertiary/aromatic N) is 4. The van der Waals surface area contributed by atoms with Gasteiger partial charge >= 0.3 is 0 Å². The van der Waals surface area contributed by atoms with Crippen LogP contribution in [0.2, 0.25) is 0 Å². The van der Waals surface area contributed by atoms with Crippen LogP contribution in [0.25, 0.3) is 22.2 Å². The number of anilines is 2. The number of fused-ring (bicyclic) bond motifs is 1. The molecule has 3 aromatic heterocycles. The average molecular weight is 436 g/mol. The molecular weight excluding hydrogens is 416 g/mol. The van der Waals surface area contributed by atoms with Crippen LogP contribution in [0, 0.1) is 0 Å². The number of aryl methyl sites for hydroxylation is 1. The molecule has 0 unspecified atom stereocenters. The van der Waals surface area contributed by atoms with Gasteiger partial charge < -0.3 is 20.4 Å². The highest BCUT2D eigenvalue weighted by Gasteiger charge is 2.11. The van der Waals surface area contributed by atoms with Crippen LogP contribution in [0.15, 0.2) is 85.3 Å². The second kappa shape index (κ2) is 8.43. The first kappa shape index (κ1) is 20.2. The molecule has 0 saturated heterocycles. The number of nitrogens with one attached hydrogen (secondary N) is 1. The number of carbonyl (C=O) groups excluding carboxylic acids is 1. The highest BCUT2D eigenvalue weighted by atomic mass is 16.5. The number of ether oxygens (including phenoxy) is 1. The number of carbonyl (C=O) groups is 1. The Labute approximate surface area is 189 Å². The van der Waals surface area contributed by atoms with Crippen molar-refractivity contribution in [3.63, 3.8) is 0 Å². The number of rotatable bonds is 6. The zero-order valence-corrected chi connectivity index (χ0v) is 17.8. The number of aromatic nitrogens is 4. The van der Waals surface area contributed by atoms with E-state index in [1.54, 1.807) is 18.5 Å². The second-order valence-electron chi connectivity index (χ2n) is 7.43. The van der Waals surface area contributed by atoms with Gasteiger partial charge in [0.05, 0.1) is 11.0 Å². The Kier molecular flexibility index (Phi) is 5.16. The first-order valence-electron chi connectivity index (χ1n) is 10.2. The highest BCUT2D eigenvalue weighted by Crippen LogP contribution is 2.29. The average Bonchev–Trinajstić information content (AvgIpc) is 3.14. The smallest absolute Gasteiger partial charge is 0.267 e. The van der Waals surface area contributed by atoms with Crippen molar-refractivity contribution >= 4 is 28.6 Å². The number of amides is 1. The maximum Gasteiger partial charge on any atom is 0.267 e. The van der Waals surface area contributed by atoms with Crippen LogP contribution >= 0.6 is 0 Å². The van der Waals surface area contributed by atoms with E-state index in [2.05, 4.69) is 27.4 Å². The first-order chi connectivity index (χ1) is 16.1. The van der Waals surface area contributed by atoms with E-state index in [1.807, 2.05) is 54.1 Å². The third-order valence-electron chi connectivity index (χ3n) is 5.20. The number of pyridine rings is 2. The maximum absolute atomic E-state index is 11.4. The summed E-state index contributed by atoms with van der Waals surface area (Å²) in [5, 5.41) is 3.40. The van der Waals surface area contributed by atoms with Gasteiger partial charge in [-0.25, -0.2) is 4.98 Å². The molecule has 0 fully saturated rings. The Morgan fingerprint density at radius 2 is 1.76 bits per heavy atom. The van der Waals surface area contributed by atoms with Gasteiger partial charge in [-0.2, -0.15) is 0 Å². The maximum atomic E-state index is 11.4. The molecule has 162 valence electrons. The first-order valence-corrected chi connectivity index (χ1v) is 10.2. The van der Waals surface area contributed by atoms with Gasteiger partial charge in [-0.15, -0.1) is 0 Å². The second-order valence-corrected chi connectivity index (χ2v) is 7.43. The lowest BCUT2D eigenvalue weighted by molar-refractivity contribution is 0.0995. The quantitative estimate of drug-likeness (QED) is 0.401. The van der Waals surface area contributed by atoms with E-state index < -0.39 is 5.91 Å². The van der Waals surface area contributed by atoms with E-state index in [0.717, 1.165) is 27.8 Å². The minimum absolute atomic E-state index is 0.145. The van der Waals surface area contributed by atoms with Gasteiger partial charge in [0.15, 0.2) is 0 Å². The molecule has 5 rings (SSSR count). The molecule has 8 nitrogen and oxygen atoms in total. The van der Waals surface area contributed by atoms with Crippen molar-refractivity contribution in [3.8, 4) is 22.6 Å². The summed E-state index contributed by atoms with van der Waals surface area (Å²) in [7, 11) is 1.95.